The quantitative estimate of drug-likeness (QED) is 0.521. The molecule has 0 saturated carbocycles. The van der Waals surface area contributed by atoms with E-state index in [1.54, 1.807) is 12.1 Å². The van der Waals surface area contributed by atoms with E-state index < -0.39 is 10.0 Å². The minimum atomic E-state index is -3.33. The van der Waals surface area contributed by atoms with E-state index in [0.29, 0.717) is 23.7 Å². The third kappa shape index (κ3) is 5.30. The third-order valence-corrected chi connectivity index (χ3v) is 5.10. The number of sulfonamides is 1. The molecule has 1 aromatic rings. The SMILES string of the molecule is Cc1cc(N)cc(C)c1NS(=O)(=O)CCSCCN. The number of hydrogen-bond acceptors (Lipinski definition) is 5. The Labute approximate surface area is 119 Å². The van der Waals surface area contributed by atoms with Crippen LogP contribution >= 0.6 is 11.8 Å². The van der Waals surface area contributed by atoms with Gasteiger partial charge in [-0.15, -0.1) is 0 Å². The average molecular weight is 303 g/mol. The second kappa shape index (κ2) is 7.02. The van der Waals surface area contributed by atoms with Crippen molar-refractivity contribution in [1.82, 2.24) is 0 Å². The van der Waals surface area contributed by atoms with Crippen LogP contribution in [0.15, 0.2) is 12.1 Å². The molecular formula is C12H21N3O2S2. The van der Waals surface area contributed by atoms with Gasteiger partial charge in [0.1, 0.15) is 0 Å². The highest BCUT2D eigenvalue weighted by atomic mass is 32.2. The van der Waals surface area contributed by atoms with Gasteiger partial charge >= 0.3 is 0 Å². The van der Waals surface area contributed by atoms with Crippen LogP contribution in [-0.4, -0.2) is 32.2 Å². The van der Waals surface area contributed by atoms with Crippen molar-refractivity contribution >= 4 is 33.2 Å². The summed E-state index contributed by atoms with van der Waals surface area (Å²) in [6, 6.07) is 3.52. The number of nitrogen functional groups attached to an aromatic ring is 1. The van der Waals surface area contributed by atoms with E-state index >= 15 is 0 Å². The summed E-state index contributed by atoms with van der Waals surface area (Å²) in [4.78, 5) is 0. The summed E-state index contributed by atoms with van der Waals surface area (Å²) in [6.45, 7) is 4.24. The highest BCUT2D eigenvalue weighted by Crippen LogP contribution is 2.24. The van der Waals surface area contributed by atoms with Gasteiger partial charge in [0.25, 0.3) is 0 Å². The van der Waals surface area contributed by atoms with E-state index in [9.17, 15) is 8.42 Å². The van der Waals surface area contributed by atoms with Crippen LogP contribution in [0.1, 0.15) is 11.1 Å². The van der Waals surface area contributed by atoms with E-state index in [0.717, 1.165) is 16.9 Å². The molecular weight excluding hydrogens is 282 g/mol. The van der Waals surface area contributed by atoms with Gasteiger partial charge in [0, 0.05) is 23.7 Å². The summed E-state index contributed by atoms with van der Waals surface area (Å²) in [5.74, 6) is 1.40. The predicted octanol–water partition coefficient (Wildman–Crippen LogP) is 1.32. The van der Waals surface area contributed by atoms with Crippen molar-refractivity contribution < 1.29 is 8.42 Å². The van der Waals surface area contributed by atoms with E-state index in [1.165, 1.54) is 11.8 Å². The first kappa shape index (κ1) is 16.1. The van der Waals surface area contributed by atoms with Gasteiger partial charge in [-0.1, -0.05) is 0 Å². The lowest BCUT2D eigenvalue weighted by molar-refractivity contribution is 0.602. The zero-order chi connectivity index (χ0) is 14.5. The Morgan fingerprint density at radius 2 is 1.79 bits per heavy atom. The molecule has 0 aliphatic carbocycles. The fraction of sp³-hybridized carbons (Fsp3) is 0.500. The van der Waals surface area contributed by atoms with Crippen molar-refractivity contribution in [2.24, 2.45) is 5.73 Å². The van der Waals surface area contributed by atoms with Crippen molar-refractivity contribution in [2.75, 3.05) is 34.3 Å². The van der Waals surface area contributed by atoms with E-state index in [2.05, 4.69) is 4.72 Å². The van der Waals surface area contributed by atoms with Crippen molar-refractivity contribution in [2.45, 2.75) is 13.8 Å². The number of benzene rings is 1. The molecule has 19 heavy (non-hydrogen) atoms. The largest absolute Gasteiger partial charge is 0.399 e. The van der Waals surface area contributed by atoms with Gasteiger partial charge in [-0.2, -0.15) is 11.8 Å². The summed E-state index contributed by atoms with van der Waals surface area (Å²) >= 11 is 1.54. The van der Waals surface area contributed by atoms with Gasteiger partial charge in [0.15, 0.2) is 0 Å². The highest BCUT2D eigenvalue weighted by molar-refractivity contribution is 8.00. The monoisotopic (exact) mass is 303 g/mol. The molecule has 0 saturated heterocycles. The van der Waals surface area contributed by atoms with E-state index in [4.69, 9.17) is 11.5 Å². The summed E-state index contributed by atoms with van der Waals surface area (Å²) in [7, 11) is -3.33. The van der Waals surface area contributed by atoms with Gasteiger partial charge in [-0.25, -0.2) is 8.42 Å². The molecule has 0 heterocycles. The smallest absolute Gasteiger partial charge is 0.233 e. The maximum absolute atomic E-state index is 12.0. The standard InChI is InChI=1S/C12H21N3O2S2/c1-9-7-11(14)8-10(2)12(9)15-19(16,17)6-5-18-4-3-13/h7-8,15H,3-6,13-14H2,1-2H3. The molecule has 5 N–H and O–H groups in total. The molecule has 0 unspecified atom stereocenters. The lowest BCUT2D eigenvalue weighted by Gasteiger charge is -2.14. The van der Waals surface area contributed by atoms with Crippen molar-refractivity contribution in [1.29, 1.82) is 0 Å². The maximum atomic E-state index is 12.0. The molecule has 0 atom stereocenters. The Kier molecular flexibility index (Phi) is 5.96. The molecule has 1 aromatic carbocycles. The van der Waals surface area contributed by atoms with Crippen LogP contribution in [0, 0.1) is 13.8 Å². The van der Waals surface area contributed by atoms with Crippen molar-refractivity contribution in [3.63, 3.8) is 0 Å². The molecule has 108 valence electrons. The number of rotatable bonds is 7. The zero-order valence-electron chi connectivity index (χ0n) is 11.3. The average Bonchev–Trinajstić information content (AvgIpc) is 2.29. The molecule has 0 bridgehead atoms. The number of anilines is 2. The summed E-state index contributed by atoms with van der Waals surface area (Å²) in [5.41, 5.74) is 14.0. The van der Waals surface area contributed by atoms with E-state index in [1.807, 2.05) is 13.8 Å². The number of aryl methyl sites for hydroxylation is 2. The Morgan fingerprint density at radius 1 is 1.21 bits per heavy atom. The lowest BCUT2D eigenvalue weighted by atomic mass is 10.1. The number of nitrogens with two attached hydrogens (primary N) is 2. The van der Waals surface area contributed by atoms with Gasteiger partial charge in [-0.3, -0.25) is 4.72 Å². The summed E-state index contributed by atoms with van der Waals surface area (Å²) < 4.78 is 26.6. The topological polar surface area (TPSA) is 98.2 Å². The van der Waals surface area contributed by atoms with Crippen LogP contribution in [0.25, 0.3) is 0 Å². The zero-order valence-corrected chi connectivity index (χ0v) is 12.9. The molecule has 0 amide bonds. The molecule has 1 rings (SSSR count). The molecule has 0 fully saturated rings. The highest BCUT2D eigenvalue weighted by Gasteiger charge is 2.13. The van der Waals surface area contributed by atoms with Crippen LogP contribution in [0.3, 0.4) is 0 Å². The first-order valence-corrected chi connectivity index (χ1v) is 8.81. The molecule has 0 aliphatic heterocycles. The molecule has 5 nitrogen and oxygen atoms in total. The second-order valence-corrected chi connectivity index (χ2v) is 7.42. The third-order valence-electron chi connectivity index (χ3n) is 2.57. The number of thioether (sulfide) groups is 1. The van der Waals surface area contributed by atoms with Gasteiger partial charge in [0.2, 0.25) is 10.0 Å². The first-order chi connectivity index (χ1) is 8.85. The maximum Gasteiger partial charge on any atom is 0.233 e. The Morgan fingerprint density at radius 3 is 2.32 bits per heavy atom. The fourth-order valence-electron chi connectivity index (χ4n) is 1.72. The first-order valence-electron chi connectivity index (χ1n) is 6.01. The van der Waals surface area contributed by atoms with Gasteiger partial charge in [0.05, 0.1) is 11.4 Å². The van der Waals surface area contributed by atoms with Gasteiger partial charge < -0.3 is 11.5 Å². The predicted molar refractivity (Wildman–Crippen MR) is 84.1 cm³/mol. The molecule has 0 aromatic heterocycles. The molecule has 0 spiro atoms. The Bertz CT molecular complexity index is 507. The summed E-state index contributed by atoms with van der Waals surface area (Å²) in [5, 5.41) is 0. The van der Waals surface area contributed by atoms with Crippen molar-refractivity contribution in [3.8, 4) is 0 Å². The second-order valence-electron chi connectivity index (χ2n) is 4.35. The van der Waals surface area contributed by atoms with Crippen LogP contribution in [-0.2, 0) is 10.0 Å². The summed E-state index contributed by atoms with van der Waals surface area (Å²) in [6.07, 6.45) is 0. The number of nitrogens with one attached hydrogen (secondary N) is 1. The lowest BCUT2D eigenvalue weighted by Crippen LogP contribution is -2.20. The minimum absolute atomic E-state index is 0.0842. The Hall–Kier alpha value is -0.920. The fourth-order valence-corrected chi connectivity index (χ4v) is 4.17. The Balaban J connectivity index is 2.73. The molecule has 0 radical (unpaired) electrons. The molecule has 0 aliphatic rings. The van der Waals surface area contributed by atoms with Crippen molar-refractivity contribution in [3.05, 3.63) is 23.3 Å². The van der Waals surface area contributed by atoms with E-state index in [-0.39, 0.29) is 5.75 Å². The van der Waals surface area contributed by atoms with Gasteiger partial charge in [-0.05, 0) is 37.1 Å². The number of hydrogen-bond donors (Lipinski definition) is 3. The normalized spacial score (nSPS) is 11.5. The minimum Gasteiger partial charge on any atom is -0.399 e. The molecule has 7 heteroatoms. The van der Waals surface area contributed by atoms with Crippen LogP contribution < -0.4 is 16.2 Å². The van der Waals surface area contributed by atoms with Crippen LogP contribution in [0.5, 0.6) is 0 Å². The van der Waals surface area contributed by atoms with Crippen LogP contribution in [0.4, 0.5) is 11.4 Å². The van der Waals surface area contributed by atoms with Crippen LogP contribution in [0.2, 0.25) is 0 Å².